The zero-order valence-corrected chi connectivity index (χ0v) is 10.7. The Morgan fingerprint density at radius 1 is 1.24 bits per heavy atom. The zero-order valence-electron chi connectivity index (χ0n) is 10.7. The Morgan fingerprint density at radius 2 is 2.00 bits per heavy atom. The van der Waals surface area contributed by atoms with E-state index in [-0.39, 0.29) is 6.10 Å². The minimum Gasteiger partial charge on any atom is -0.376 e. The van der Waals surface area contributed by atoms with Gasteiger partial charge < -0.3 is 14.8 Å². The lowest BCUT2D eigenvalue weighted by atomic mass is 10.0. The summed E-state index contributed by atoms with van der Waals surface area (Å²) in [6.45, 7) is 8.23. The topological polar surface area (TPSA) is 30.5 Å². The molecule has 2 rings (SSSR count). The summed E-state index contributed by atoms with van der Waals surface area (Å²) < 4.78 is 11.0. The molecule has 17 heavy (non-hydrogen) atoms. The quantitative estimate of drug-likeness (QED) is 0.863. The summed E-state index contributed by atoms with van der Waals surface area (Å²) in [5.74, 6) is 0. The van der Waals surface area contributed by atoms with Gasteiger partial charge in [0.2, 0.25) is 0 Å². The lowest BCUT2D eigenvalue weighted by Gasteiger charge is -2.23. The van der Waals surface area contributed by atoms with Crippen molar-refractivity contribution in [2.24, 2.45) is 0 Å². The summed E-state index contributed by atoms with van der Waals surface area (Å²) >= 11 is 0. The van der Waals surface area contributed by atoms with Crippen molar-refractivity contribution in [3.63, 3.8) is 0 Å². The summed E-state index contributed by atoms with van der Waals surface area (Å²) in [6, 6.07) is 6.42. The van der Waals surface area contributed by atoms with Gasteiger partial charge in [0.25, 0.3) is 0 Å². The highest BCUT2D eigenvalue weighted by Gasteiger charge is 2.13. The van der Waals surface area contributed by atoms with Gasteiger partial charge in [-0.15, -0.1) is 0 Å². The molecule has 1 aromatic carbocycles. The van der Waals surface area contributed by atoms with Crippen LogP contribution >= 0.6 is 0 Å². The van der Waals surface area contributed by atoms with Crippen molar-refractivity contribution < 1.29 is 9.47 Å². The highest BCUT2D eigenvalue weighted by atomic mass is 16.6. The summed E-state index contributed by atoms with van der Waals surface area (Å²) in [5, 5.41) is 3.45. The molecule has 1 heterocycles. The van der Waals surface area contributed by atoms with Gasteiger partial charge in [0.05, 0.1) is 25.9 Å². The van der Waals surface area contributed by atoms with E-state index in [1.54, 1.807) is 0 Å². The summed E-state index contributed by atoms with van der Waals surface area (Å²) in [6.07, 6.45) is 0.202. The number of nitrogens with one attached hydrogen (secondary N) is 1. The second-order valence-corrected chi connectivity index (χ2v) is 4.57. The molecule has 1 aliphatic heterocycles. The predicted octanol–water partition coefficient (Wildman–Crippen LogP) is 1.81. The third-order valence-corrected chi connectivity index (χ3v) is 3.20. The van der Waals surface area contributed by atoms with E-state index < -0.39 is 0 Å². The van der Waals surface area contributed by atoms with Crippen molar-refractivity contribution in [3.05, 3.63) is 34.9 Å². The first kappa shape index (κ1) is 12.6. The Morgan fingerprint density at radius 3 is 2.65 bits per heavy atom. The highest BCUT2D eigenvalue weighted by molar-refractivity contribution is 5.33. The molecule has 3 heteroatoms. The summed E-state index contributed by atoms with van der Waals surface area (Å²) in [7, 11) is 0. The van der Waals surface area contributed by atoms with Crippen LogP contribution in [0.4, 0.5) is 0 Å². The first-order valence-electron chi connectivity index (χ1n) is 6.22. The smallest absolute Gasteiger partial charge is 0.0933 e. The van der Waals surface area contributed by atoms with Gasteiger partial charge in [-0.05, 0) is 30.5 Å². The maximum absolute atomic E-state index is 5.59. The number of ether oxygens (including phenoxy) is 2. The molecule has 1 saturated heterocycles. The molecule has 0 aliphatic carbocycles. The molecule has 1 aliphatic rings. The van der Waals surface area contributed by atoms with Crippen molar-refractivity contribution in [2.45, 2.75) is 26.5 Å². The Hall–Kier alpha value is -0.900. The van der Waals surface area contributed by atoms with Gasteiger partial charge in [-0.25, -0.2) is 0 Å². The van der Waals surface area contributed by atoms with Crippen LogP contribution in [0.3, 0.4) is 0 Å². The van der Waals surface area contributed by atoms with Crippen LogP contribution in [0.25, 0.3) is 0 Å². The summed E-state index contributed by atoms with van der Waals surface area (Å²) in [4.78, 5) is 0. The summed E-state index contributed by atoms with van der Waals surface area (Å²) in [5.41, 5.74) is 4.08. The van der Waals surface area contributed by atoms with Crippen molar-refractivity contribution in [3.8, 4) is 0 Å². The molecule has 0 bridgehead atoms. The van der Waals surface area contributed by atoms with Crippen LogP contribution in [0.1, 0.15) is 16.7 Å². The van der Waals surface area contributed by atoms with Crippen molar-refractivity contribution in [2.75, 3.05) is 26.4 Å². The molecule has 1 unspecified atom stereocenters. The maximum Gasteiger partial charge on any atom is 0.0933 e. The van der Waals surface area contributed by atoms with E-state index in [9.17, 15) is 0 Å². The van der Waals surface area contributed by atoms with Gasteiger partial charge >= 0.3 is 0 Å². The molecule has 1 atom stereocenters. The molecule has 1 fully saturated rings. The van der Waals surface area contributed by atoms with E-state index in [4.69, 9.17) is 9.47 Å². The van der Waals surface area contributed by atoms with Gasteiger partial charge in [-0.2, -0.15) is 0 Å². The molecule has 0 amide bonds. The molecular weight excluding hydrogens is 214 g/mol. The zero-order chi connectivity index (χ0) is 12.1. The number of aryl methyl sites for hydroxylation is 2. The Kier molecular flexibility index (Phi) is 4.54. The monoisotopic (exact) mass is 235 g/mol. The molecule has 3 nitrogen and oxygen atoms in total. The van der Waals surface area contributed by atoms with Gasteiger partial charge in [-0.1, -0.05) is 18.2 Å². The van der Waals surface area contributed by atoms with Crippen LogP contribution in [0.2, 0.25) is 0 Å². The fourth-order valence-electron chi connectivity index (χ4n) is 2.14. The van der Waals surface area contributed by atoms with Crippen LogP contribution in [0.15, 0.2) is 18.2 Å². The van der Waals surface area contributed by atoms with Crippen LogP contribution in [0, 0.1) is 13.8 Å². The van der Waals surface area contributed by atoms with Crippen LogP contribution in [-0.4, -0.2) is 32.5 Å². The van der Waals surface area contributed by atoms with Crippen molar-refractivity contribution in [1.29, 1.82) is 0 Å². The van der Waals surface area contributed by atoms with E-state index >= 15 is 0 Å². The van der Waals surface area contributed by atoms with Gasteiger partial charge in [-0.3, -0.25) is 0 Å². The fourth-order valence-corrected chi connectivity index (χ4v) is 2.14. The van der Waals surface area contributed by atoms with E-state index in [1.165, 1.54) is 16.7 Å². The van der Waals surface area contributed by atoms with Crippen molar-refractivity contribution in [1.82, 2.24) is 5.32 Å². The normalized spacial score (nSPS) is 20.5. The highest BCUT2D eigenvalue weighted by Crippen LogP contribution is 2.12. The van der Waals surface area contributed by atoms with E-state index in [1.807, 2.05) is 0 Å². The largest absolute Gasteiger partial charge is 0.376 e. The van der Waals surface area contributed by atoms with Gasteiger partial charge in [0.1, 0.15) is 0 Å². The van der Waals surface area contributed by atoms with Gasteiger partial charge in [0.15, 0.2) is 0 Å². The van der Waals surface area contributed by atoms with E-state index in [0.717, 1.165) is 26.3 Å². The molecule has 0 spiro atoms. The predicted molar refractivity (Wildman–Crippen MR) is 68.2 cm³/mol. The Balaban J connectivity index is 1.81. The number of rotatable bonds is 4. The maximum atomic E-state index is 5.59. The van der Waals surface area contributed by atoms with Crippen LogP contribution < -0.4 is 5.32 Å². The molecule has 0 saturated carbocycles. The minimum atomic E-state index is 0.202. The fraction of sp³-hybridized carbons (Fsp3) is 0.571. The first-order valence-corrected chi connectivity index (χ1v) is 6.22. The standard InChI is InChI=1S/C14H21NO2/c1-11-4-3-5-12(2)14(11)9-15-8-13-10-16-6-7-17-13/h3-5,13,15H,6-10H2,1-2H3. The Bertz CT molecular complexity index is 339. The third kappa shape index (κ3) is 3.53. The lowest BCUT2D eigenvalue weighted by Crippen LogP contribution is -2.37. The minimum absolute atomic E-state index is 0.202. The second-order valence-electron chi connectivity index (χ2n) is 4.57. The van der Waals surface area contributed by atoms with Crippen LogP contribution in [-0.2, 0) is 16.0 Å². The van der Waals surface area contributed by atoms with Gasteiger partial charge in [0, 0.05) is 13.1 Å². The lowest BCUT2D eigenvalue weighted by molar-refractivity contribution is -0.0864. The SMILES string of the molecule is Cc1cccc(C)c1CNCC1COCCO1. The average molecular weight is 235 g/mol. The number of benzene rings is 1. The molecule has 0 aromatic heterocycles. The Labute approximate surface area is 103 Å². The molecular formula is C14H21NO2. The molecule has 1 N–H and O–H groups in total. The first-order chi connectivity index (χ1) is 8.27. The van der Waals surface area contributed by atoms with Crippen LogP contribution in [0.5, 0.6) is 0 Å². The number of hydrogen-bond donors (Lipinski definition) is 1. The van der Waals surface area contributed by atoms with Crippen molar-refractivity contribution >= 4 is 0 Å². The molecule has 1 aromatic rings. The third-order valence-electron chi connectivity index (χ3n) is 3.20. The van der Waals surface area contributed by atoms with E-state index in [2.05, 4.69) is 37.4 Å². The number of hydrogen-bond acceptors (Lipinski definition) is 3. The van der Waals surface area contributed by atoms with E-state index in [0.29, 0.717) is 6.61 Å². The average Bonchev–Trinajstić information content (AvgIpc) is 2.34. The second kappa shape index (κ2) is 6.15. The molecule has 0 radical (unpaired) electrons. The molecule has 94 valence electrons.